The number of nitrogens with one attached hydrogen (secondary N) is 3. The molecule has 0 heterocycles. The molecule has 1 unspecified atom stereocenters. The van der Waals surface area contributed by atoms with Crippen molar-refractivity contribution in [2.24, 2.45) is 11.8 Å². The van der Waals surface area contributed by atoms with E-state index in [0.717, 1.165) is 0 Å². The molecule has 0 saturated carbocycles. The second-order valence-electron chi connectivity index (χ2n) is 5.14. The average Bonchev–Trinajstić information content (AvgIpc) is 2.44. The first-order valence-corrected chi connectivity index (χ1v) is 6.70. The van der Waals surface area contributed by atoms with E-state index in [1.54, 1.807) is 6.92 Å². The average molecular weight is 296 g/mol. The highest BCUT2D eigenvalue weighted by molar-refractivity contribution is 6.01. The number of nitrogens with two attached hydrogens (primary N) is 1. The highest BCUT2D eigenvalue weighted by Gasteiger charge is 2.19. The molecule has 0 aliphatic carbocycles. The lowest BCUT2D eigenvalue weighted by atomic mass is 10.1. The van der Waals surface area contributed by atoms with Gasteiger partial charge >= 0.3 is 0 Å². The molecular formula is C14H21FN4O2. The molecule has 0 aromatic heterocycles. The Bertz CT molecular complexity index is 520. The van der Waals surface area contributed by atoms with E-state index in [1.807, 2.05) is 13.8 Å². The third kappa shape index (κ3) is 4.71. The molecule has 5 N–H and O–H groups in total. The minimum atomic E-state index is -0.731. The molecule has 0 fully saturated rings. The van der Waals surface area contributed by atoms with Crippen LogP contribution in [0.1, 0.15) is 31.1 Å². The molecule has 0 spiro atoms. The number of hydrogen-bond donors (Lipinski definition) is 4. The van der Waals surface area contributed by atoms with Gasteiger partial charge in [-0.15, -0.1) is 0 Å². The third-order valence-electron chi connectivity index (χ3n) is 2.83. The van der Waals surface area contributed by atoms with E-state index in [4.69, 9.17) is 5.84 Å². The number of carbonyl (C=O) groups is 2. The molecule has 6 nitrogen and oxygen atoms in total. The molecule has 1 rings (SSSR count). The van der Waals surface area contributed by atoms with Crippen LogP contribution in [0.25, 0.3) is 0 Å². The molecule has 1 aromatic carbocycles. The second-order valence-corrected chi connectivity index (χ2v) is 5.14. The van der Waals surface area contributed by atoms with Crippen LogP contribution in [-0.4, -0.2) is 24.4 Å². The summed E-state index contributed by atoms with van der Waals surface area (Å²) in [5.41, 5.74) is 2.09. The number of rotatable bonds is 6. The predicted octanol–water partition coefficient (Wildman–Crippen LogP) is 1.00. The van der Waals surface area contributed by atoms with Crippen LogP contribution in [0.5, 0.6) is 0 Å². The van der Waals surface area contributed by atoms with Crippen LogP contribution in [-0.2, 0) is 4.79 Å². The van der Waals surface area contributed by atoms with E-state index < -0.39 is 17.8 Å². The van der Waals surface area contributed by atoms with Crippen molar-refractivity contribution in [3.8, 4) is 0 Å². The van der Waals surface area contributed by atoms with Gasteiger partial charge in [0.1, 0.15) is 11.9 Å². The fraction of sp³-hybridized carbons (Fsp3) is 0.429. The lowest BCUT2D eigenvalue weighted by Crippen LogP contribution is -2.45. The third-order valence-corrected chi connectivity index (χ3v) is 2.83. The van der Waals surface area contributed by atoms with Crippen LogP contribution in [0, 0.1) is 11.7 Å². The Morgan fingerprint density at radius 1 is 1.29 bits per heavy atom. The van der Waals surface area contributed by atoms with Gasteiger partial charge in [0, 0.05) is 6.54 Å². The SMILES string of the molecule is CC(C)CNC(=O)C(C)NC(=O)c1cccc(F)c1NN. The maximum Gasteiger partial charge on any atom is 0.254 e. The summed E-state index contributed by atoms with van der Waals surface area (Å²) in [5.74, 6) is 4.02. The zero-order chi connectivity index (χ0) is 16.0. The summed E-state index contributed by atoms with van der Waals surface area (Å²) in [6, 6.07) is 3.27. The normalized spacial score (nSPS) is 11.9. The summed E-state index contributed by atoms with van der Waals surface area (Å²) in [6.07, 6.45) is 0. The molecule has 0 aliphatic rings. The van der Waals surface area contributed by atoms with E-state index >= 15 is 0 Å². The van der Waals surface area contributed by atoms with Gasteiger partial charge in [0.25, 0.3) is 5.91 Å². The van der Waals surface area contributed by atoms with Crippen molar-refractivity contribution in [1.82, 2.24) is 10.6 Å². The van der Waals surface area contributed by atoms with E-state index in [-0.39, 0.29) is 17.2 Å². The summed E-state index contributed by atoms with van der Waals surface area (Å²) in [7, 11) is 0. The highest BCUT2D eigenvalue weighted by Crippen LogP contribution is 2.18. The van der Waals surface area contributed by atoms with Gasteiger partial charge in [-0.1, -0.05) is 19.9 Å². The Hall–Kier alpha value is -2.15. The van der Waals surface area contributed by atoms with Gasteiger partial charge in [0.15, 0.2) is 0 Å². The second kappa shape index (κ2) is 7.58. The van der Waals surface area contributed by atoms with Crippen LogP contribution in [0.15, 0.2) is 18.2 Å². The maximum atomic E-state index is 13.5. The van der Waals surface area contributed by atoms with Crippen LogP contribution in [0.3, 0.4) is 0 Å². The Balaban J connectivity index is 2.73. The van der Waals surface area contributed by atoms with Gasteiger partial charge in [0.05, 0.1) is 11.3 Å². The standard InChI is InChI=1S/C14H21FN4O2/c1-8(2)7-17-13(20)9(3)18-14(21)10-5-4-6-11(15)12(10)19-16/h4-6,8-9,19H,7,16H2,1-3H3,(H,17,20)(H,18,21). The summed E-state index contributed by atoms with van der Waals surface area (Å²) in [5, 5.41) is 5.22. The smallest absolute Gasteiger partial charge is 0.254 e. The van der Waals surface area contributed by atoms with Crippen LogP contribution >= 0.6 is 0 Å². The van der Waals surface area contributed by atoms with Crippen LogP contribution < -0.4 is 21.9 Å². The molecule has 1 atom stereocenters. The Labute approximate surface area is 123 Å². The minimum Gasteiger partial charge on any atom is -0.354 e. The maximum absolute atomic E-state index is 13.5. The number of hydrogen-bond acceptors (Lipinski definition) is 4. The molecule has 0 aliphatic heterocycles. The van der Waals surface area contributed by atoms with Gasteiger partial charge in [-0.2, -0.15) is 0 Å². The van der Waals surface area contributed by atoms with E-state index in [2.05, 4.69) is 16.1 Å². The number of benzene rings is 1. The Morgan fingerprint density at radius 2 is 1.95 bits per heavy atom. The number of carbonyl (C=O) groups excluding carboxylic acids is 2. The lowest BCUT2D eigenvalue weighted by molar-refractivity contribution is -0.122. The van der Waals surface area contributed by atoms with Gasteiger partial charge in [-0.3, -0.25) is 15.4 Å². The lowest BCUT2D eigenvalue weighted by Gasteiger charge is -2.16. The van der Waals surface area contributed by atoms with Gasteiger partial charge in [0.2, 0.25) is 5.91 Å². The molecule has 0 saturated heterocycles. The molecule has 116 valence electrons. The summed E-state index contributed by atoms with van der Waals surface area (Å²) < 4.78 is 13.5. The van der Waals surface area contributed by atoms with E-state index in [1.165, 1.54) is 18.2 Å². The number of nitrogen functional groups attached to an aromatic ring is 1. The van der Waals surface area contributed by atoms with Crippen molar-refractivity contribution in [3.05, 3.63) is 29.6 Å². The van der Waals surface area contributed by atoms with Crippen molar-refractivity contribution in [1.29, 1.82) is 0 Å². The van der Waals surface area contributed by atoms with Gasteiger partial charge in [-0.05, 0) is 25.0 Å². The summed E-state index contributed by atoms with van der Waals surface area (Å²) in [4.78, 5) is 23.9. The Kier molecular flexibility index (Phi) is 6.10. The Morgan fingerprint density at radius 3 is 2.52 bits per heavy atom. The van der Waals surface area contributed by atoms with Crippen LogP contribution in [0.4, 0.5) is 10.1 Å². The molecule has 0 radical (unpaired) electrons. The molecule has 1 aromatic rings. The predicted molar refractivity (Wildman–Crippen MR) is 79.0 cm³/mol. The summed E-state index contributed by atoms with van der Waals surface area (Å²) >= 11 is 0. The zero-order valence-corrected chi connectivity index (χ0v) is 12.4. The molecule has 2 amide bonds. The number of anilines is 1. The van der Waals surface area contributed by atoms with Crippen molar-refractivity contribution in [2.45, 2.75) is 26.8 Å². The number of halogens is 1. The topological polar surface area (TPSA) is 96.2 Å². The largest absolute Gasteiger partial charge is 0.354 e. The molecule has 21 heavy (non-hydrogen) atoms. The van der Waals surface area contributed by atoms with Crippen molar-refractivity contribution < 1.29 is 14.0 Å². The highest BCUT2D eigenvalue weighted by atomic mass is 19.1. The van der Waals surface area contributed by atoms with E-state index in [0.29, 0.717) is 12.5 Å². The van der Waals surface area contributed by atoms with Crippen molar-refractivity contribution in [3.63, 3.8) is 0 Å². The monoisotopic (exact) mass is 296 g/mol. The number of para-hydroxylation sites is 1. The number of hydrazine groups is 1. The van der Waals surface area contributed by atoms with E-state index in [9.17, 15) is 14.0 Å². The first-order chi connectivity index (χ1) is 9.86. The van der Waals surface area contributed by atoms with Crippen LogP contribution in [0.2, 0.25) is 0 Å². The fourth-order valence-electron chi connectivity index (χ4n) is 1.66. The first kappa shape index (κ1) is 16.9. The number of amides is 2. The minimum absolute atomic E-state index is 0.0426. The van der Waals surface area contributed by atoms with Crippen molar-refractivity contribution >= 4 is 17.5 Å². The summed E-state index contributed by atoms with van der Waals surface area (Å²) in [6.45, 7) is 6.02. The van der Waals surface area contributed by atoms with Gasteiger partial charge < -0.3 is 16.1 Å². The fourth-order valence-corrected chi connectivity index (χ4v) is 1.66. The zero-order valence-electron chi connectivity index (χ0n) is 12.4. The first-order valence-electron chi connectivity index (χ1n) is 6.70. The molecule has 7 heteroatoms. The quantitative estimate of drug-likeness (QED) is 0.465. The molecule has 0 bridgehead atoms. The van der Waals surface area contributed by atoms with Gasteiger partial charge in [-0.25, -0.2) is 4.39 Å². The molecular weight excluding hydrogens is 275 g/mol. The van der Waals surface area contributed by atoms with Crippen molar-refractivity contribution in [2.75, 3.05) is 12.0 Å².